The average molecular weight is 363 g/mol. The lowest BCUT2D eigenvalue weighted by molar-refractivity contribution is 0.516. The Balaban J connectivity index is 3.31. The molecule has 0 radical (unpaired) electrons. The van der Waals surface area contributed by atoms with E-state index >= 15 is 0 Å². The Morgan fingerprint density at radius 3 is 2.17 bits per heavy atom. The van der Waals surface area contributed by atoms with E-state index in [0.717, 1.165) is 19.1 Å². The second-order valence-corrected chi connectivity index (χ2v) is 9.52. The molecular weight excluding hydrogens is 336 g/mol. The quantitative estimate of drug-likeness (QED) is 0.729. The van der Waals surface area contributed by atoms with Crippen LogP contribution in [-0.2, 0) is 19.9 Å². The van der Waals surface area contributed by atoms with Gasteiger partial charge in [-0.1, -0.05) is 19.8 Å². The summed E-state index contributed by atoms with van der Waals surface area (Å²) in [4.78, 5) is 0.0311. The Hall–Kier alpha value is -0.960. The van der Waals surface area contributed by atoms with E-state index in [2.05, 4.69) is 4.72 Å². The van der Waals surface area contributed by atoms with Crippen LogP contribution in [0.3, 0.4) is 0 Å². The lowest BCUT2D eigenvalue weighted by atomic mass is 10.1. The molecule has 0 saturated carbocycles. The Morgan fingerprint density at radius 2 is 1.70 bits per heavy atom. The van der Waals surface area contributed by atoms with E-state index in [1.165, 1.54) is 19.1 Å². The van der Waals surface area contributed by atoms with E-state index in [1.807, 2.05) is 6.92 Å². The van der Waals surface area contributed by atoms with Crippen molar-refractivity contribution in [1.29, 1.82) is 0 Å². The van der Waals surface area contributed by atoms with Crippen LogP contribution in [0.5, 0.6) is 0 Å². The molecule has 6 nitrogen and oxygen atoms in total. The zero-order valence-corrected chi connectivity index (χ0v) is 15.7. The van der Waals surface area contributed by atoms with Gasteiger partial charge >= 0.3 is 0 Å². The molecule has 132 valence electrons. The van der Waals surface area contributed by atoms with Crippen LogP contribution >= 0.6 is 0 Å². The Kier molecular flexibility index (Phi) is 6.76. The second-order valence-electron chi connectivity index (χ2n) is 5.85. The molecule has 1 aromatic carbocycles. The molecule has 1 unspecified atom stereocenters. The van der Waals surface area contributed by atoms with Crippen molar-refractivity contribution in [2.75, 3.05) is 12.8 Å². The minimum absolute atomic E-state index is 0.00660. The van der Waals surface area contributed by atoms with Crippen LogP contribution < -0.4 is 10.5 Å². The van der Waals surface area contributed by atoms with Gasteiger partial charge in [-0.25, -0.2) is 21.6 Å². The molecule has 3 N–H and O–H groups in total. The van der Waals surface area contributed by atoms with E-state index in [-0.39, 0.29) is 27.9 Å². The highest BCUT2D eigenvalue weighted by Gasteiger charge is 2.25. The van der Waals surface area contributed by atoms with Crippen LogP contribution in [0.15, 0.2) is 21.9 Å². The van der Waals surface area contributed by atoms with Gasteiger partial charge in [0.2, 0.25) is 10.0 Å². The van der Waals surface area contributed by atoms with E-state index in [0.29, 0.717) is 12.0 Å². The van der Waals surface area contributed by atoms with Crippen molar-refractivity contribution in [2.24, 2.45) is 5.73 Å². The number of hydrogen-bond donors (Lipinski definition) is 2. The summed E-state index contributed by atoms with van der Waals surface area (Å²) in [6, 6.07) is 2.61. The molecule has 0 aliphatic carbocycles. The van der Waals surface area contributed by atoms with Gasteiger partial charge in [0.05, 0.1) is 9.79 Å². The predicted octanol–water partition coefficient (Wildman–Crippen LogP) is 1.50. The maximum Gasteiger partial charge on any atom is 0.241 e. The van der Waals surface area contributed by atoms with Crippen LogP contribution in [-0.4, -0.2) is 35.7 Å². The van der Waals surface area contributed by atoms with Crippen LogP contribution in [0.1, 0.15) is 37.3 Å². The highest BCUT2D eigenvalue weighted by Crippen LogP contribution is 2.25. The third-order valence-electron chi connectivity index (χ3n) is 3.66. The van der Waals surface area contributed by atoms with Gasteiger partial charge in [-0.05, 0) is 43.5 Å². The Labute approximate surface area is 139 Å². The summed E-state index contributed by atoms with van der Waals surface area (Å²) in [5.74, 6) is 0. The van der Waals surface area contributed by atoms with Crippen molar-refractivity contribution in [2.45, 2.75) is 55.9 Å². The van der Waals surface area contributed by atoms with Gasteiger partial charge in [-0.2, -0.15) is 0 Å². The SMILES string of the molecule is CCCCC(CN)NS(=O)(=O)c1cc(C)cc(S(C)(=O)=O)c1C. The predicted molar refractivity (Wildman–Crippen MR) is 91.7 cm³/mol. The maximum atomic E-state index is 12.7. The molecule has 0 bridgehead atoms. The highest BCUT2D eigenvalue weighted by atomic mass is 32.2. The summed E-state index contributed by atoms with van der Waals surface area (Å²) in [6.07, 6.45) is 3.53. The summed E-state index contributed by atoms with van der Waals surface area (Å²) >= 11 is 0. The number of aryl methyl sites for hydroxylation is 1. The van der Waals surface area contributed by atoms with Crippen LogP contribution in [0.2, 0.25) is 0 Å². The number of sulfonamides is 1. The monoisotopic (exact) mass is 362 g/mol. The van der Waals surface area contributed by atoms with Crippen molar-refractivity contribution in [3.05, 3.63) is 23.3 Å². The van der Waals surface area contributed by atoms with Gasteiger partial charge < -0.3 is 5.73 Å². The van der Waals surface area contributed by atoms with Gasteiger partial charge in [0, 0.05) is 18.8 Å². The summed E-state index contributed by atoms with van der Waals surface area (Å²) < 4.78 is 51.6. The van der Waals surface area contributed by atoms with Gasteiger partial charge in [0.25, 0.3) is 0 Å². The lowest BCUT2D eigenvalue weighted by Gasteiger charge is -2.19. The summed E-state index contributed by atoms with van der Waals surface area (Å²) in [5, 5.41) is 0. The third kappa shape index (κ3) is 5.27. The fraction of sp³-hybridized carbons (Fsp3) is 0.600. The van der Waals surface area contributed by atoms with Crippen LogP contribution in [0, 0.1) is 13.8 Å². The molecule has 1 rings (SSSR count). The van der Waals surface area contributed by atoms with E-state index in [1.54, 1.807) is 6.92 Å². The van der Waals surface area contributed by atoms with Crippen LogP contribution in [0.4, 0.5) is 0 Å². The molecule has 1 aromatic rings. The molecule has 8 heteroatoms. The average Bonchev–Trinajstić information content (AvgIpc) is 2.44. The number of sulfone groups is 1. The number of nitrogens with two attached hydrogens (primary N) is 1. The fourth-order valence-corrected chi connectivity index (χ4v) is 5.18. The van der Waals surface area contributed by atoms with Crippen molar-refractivity contribution < 1.29 is 16.8 Å². The molecule has 0 heterocycles. The number of hydrogen-bond acceptors (Lipinski definition) is 5. The van der Waals surface area contributed by atoms with Crippen molar-refractivity contribution in [1.82, 2.24) is 4.72 Å². The summed E-state index contributed by atoms with van der Waals surface area (Å²) in [5.41, 5.74) is 6.45. The summed E-state index contributed by atoms with van der Waals surface area (Å²) in [6.45, 7) is 5.40. The van der Waals surface area contributed by atoms with E-state index in [9.17, 15) is 16.8 Å². The molecule has 0 saturated heterocycles. The largest absolute Gasteiger partial charge is 0.329 e. The first-order valence-corrected chi connectivity index (χ1v) is 10.9. The first kappa shape index (κ1) is 20.1. The van der Waals surface area contributed by atoms with Crippen LogP contribution in [0.25, 0.3) is 0 Å². The highest BCUT2D eigenvalue weighted by molar-refractivity contribution is 7.91. The molecule has 23 heavy (non-hydrogen) atoms. The lowest BCUT2D eigenvalue weighted by Crippen LogP contribution is -2.40. The van der Waals surface area contributed by atoms with Gasteiger partial charge in [0.1, 0.15) is 0 Å². The number of unbranched alkanes of at least 4 members (excludes halogenated alkanes) is 1. The number of nitrogens with one attached hydrogen (secondary N) is 1. The Morgan fingerprint density at radius 1 is 1.13 bits per heavy atom. The van der Waals surface area contributed by atoms with Gasteiger partial charge in [0.15, 0.2) is 9.84 Å². The molecule has 0 spiro atoms. The van der Waals surface area contributed by atoms with Gasteiger partial charge in [-0.15, -0.1) is 0 Å². The molecule has 0 aliphatic heterocycles. The zero-order valence-electron chi connectivity index (χ0n) is 14.1. The standard InChI is InChI=1S/C15H26N2O4S2/c1-5-6-7-13(10-16)17-23(20,21)15-9-11(2)8-14(12(15)3)22(4,18)19/h8-9,13,17H,5-7,10,16H2,1-4H3. The first-order chi connectivity index (χ1) is 10.5. The number of benzene rings is 1. The van der Waals surface area contributed by atoms with Crippen molar-refractivity contribution in [3.8, 4) is 0 Å². The molecule has 0 fully saturated rings. The molecule has 0 aromatic heterocycles. The molecule has 0 aliphatic rings. The fourth-order valence-electron chi connectivity index (χ4n) is 2.42. The van der Waals surface area contributed by atoms with E-state index in [4.69, 9.17) is 5.73 Å². The van der Waals surface area contributed by atoms with Gasteiger partial charge in [-0.3, -0.25) is 0 Å². The minimum atomic E-state index is -3.83. The smallest absolute Gasteiger partial charge is 0.241 e. The third-order valence-corrected chi connectivity index (χ3v) is 6.53. The first-order valence-electron chi connectivity index (χ1n) is 7.56. The molecular formula is C15H26N2O4S2. The second kappa shape index (κ2) is 7.74. The van der Waals surface area contributed by atoms with Crippen molar-refractivity contribution in [3.63, 3.8) is 0 Å². The van der Waals surface area contributed by atoms with Crippen molar-refractivity contribution >= 4 is 19.9 Å². The minimum Gasteiger partial charge on any atom is -0.329 e. The van der Waals surface area contributed by atoms with E-state index < -0.39 is 19.9 Å². The molecule has 0 amide bonds. The number of rotatable bonds is 8. The topological polar surface area (TPSA) is 106 Å². The maximum absolute atomic E-state index is 12.7. The molecule has 1 atom stereocenters. The Bertz CT molecular complexity index is 756. The zero-order chi connectivity index (χ0) is 17.8. The summed E-state index contributed by atoms with van der Waals surface area (Å²) in [7, 11) is -7.34. The normalized spacial score (nSPS) is 14.0.